The summed E-state index contributed by atoms with van der Waals surface area (Å²) in [5.41, 5.74) is 1.64. The molecule has 1 aromatic carbocycles. The molecule has 36 heavy (non-hydrogen) atoms. The molecule has 0 aromatic heterocycles. The smallest absolute Gasteiger partial charge is 0.255 e. The van der Waals surface area contributed by atoms with E-state index in [0.29, 0.717) is 25.1 Å². The summed E-state index contributed by atoms with van der Waals surface area (Å²) in [6, 6.07) is 4.90. The lowest BCUT2D eigenvalue weighted by Gasteiger charge is -2.32. The summed E-state index contributed by atoms with van der Waals surface area (Å²) in [6.07, 6.45) is 12.9. The van der Waals surface area contributed by atoms with Gasteiger partial charge in [-0.2, -0.15) is 0 Å². The number of unbranched alkanes of at least 4 members (excludes halogenated alkanes) is 5. The molecule has 0 aliphatic carbocycles. The monoisotopic (exact) mass is 497 g/mol. The number of fused-ring (bicyclic) bond motifs is 1. The van der Waals surface area contributed by atoms with Crippen molar-refractivity contribution in [3.05, 3.63) is 42.0 Å². The summed E-state index contributed by atoms with van der Waals surface area (Å²) in [7, 11) is 0. The van der Waals surface area contributed by atoms with E-state index in [1.807, 2.05) is 18.2 Å². The van der Waals surface area contributed by atoms with Crippen LogP contribution in [-0.4, -0.2) is 47.4 Å². The van der Waals surface area contributed by atoms with E-state index in [4.69, 9.17) is 4.74 Å². The van der Waals surface area contributed by atoms with Gasteiger partial charge in [0, 0.05) is 23.1 Å². The number of hydrogen-bond donors (Lipinski definition) is 2. The van der Waals surface area contributed by atoms with Gasteiger partial charge in [-0.3, -0.25) is 19.7 Å². The highest BCUT2D eigenvalue weighted by molar-refractivity contribution is 6.05. The van der Waals surface area contributed by atoms with Gasteiger partial charge in [-0.05, 0) is 57.2 Å². The van der Waals surface area contributed by atoms with Gasteiger partial charge in [0.15, 0.2) is 0 Å². The minimum absolute atomic E-state index is 0.168. The number of benzene rings is 1. The van der Waals surface area contributed by atoms with Crippen LogP contribution in [-0.2, 0) is 16.1 Å². The molecule has 2 aliphatic heterocycles. The first-order valence-corrected chi connectivity index (χ1v) is 13.7. The van der Waals surface area contributed by atoms with Crippen LogP contribution in [0, 0.1) is 0 Å². The quantitative estimate of drug-likeness (QED) is 0.193. The molecule has 1 aromatic rings. The Bertz CT molecular complexity index is 925. The Hall–Kier alpha value is -2.67. The number of carbonyl (C=O) groups excluding carboxylic acids is 3. The fourth-order valence-electron chi connectivity index (χ4n) is 5.30. The third-order valence-electron chi connectivity index (χ3n) is 7.76. The summed E-state index contributed by atoms with van der Waals surface area (Å²) in [5.74, 6) is -0.118. The Kier molecular flexibility index (Phi) is 10.5. The number of ether oxygens (including phenoxy) is 1. The predicted molar refractivity (Wildman–Crippen MR) is 142 cm³/mol. The Morgan fingerprint density at radius 1 is 1.11 bits per heavy atom. The van der Waals surface area contributed by atoms with Crippen molar-refractivity contribution in [2.45, 2.75) is 103 Å². The van der Waals surface area contributed by atoms with Gasteiger partial charge in [0.2, 0.25) is 11.8 Å². The highest BCUT2D eigenvalue weighted by atomic mass is 16.5. The minimum Gasteiger partial charge on any atom is -0.493 e. The number of carbonyl (C=O) groups is 3. The van der Waals surface area contributed by atoms with Gasteiger partial charge in [0.1, 0.15) is 11.8 Å². The predicted octanol–water partition coefficient (Wildman–Crippen LogP) is 4.89. The van der Waals surface area contributed by atoms with Gasteiger partial charge in [-0.1, -0.05) is 51.7 Å². The molecule has 198 valence electrons. The topological polar surface area (TPSA) is 87.7 Å². The van der Waals surface area contributed by atoms with Crippen molar-refractivity contribution >= 4 is 17.7 Å². The molecule has 0 bridgehead atoms. The van der Waals surface area contributed by atoms with Crippen LogP contribution < -0.4 is 15.4 Å². The molecule has 1 atom stereocenters. The molecule has 1 unspecified atom stereocenters. The molecule has 2 heterocycles. The van der Waals surface area contributed by atoms with E-state index in [1.165, 1.54) is 25.7 Å². The molecule has 0 saturated carbocycles. The zero-order valence-corrected chi connectivity index (χ0v) is 22.1. The van der Waals surface area contributed by atoms with Crippen LogP contribution in [0.5, 0.6) is 5.75 Å². The van der Waals surface area contributed by atoms with Crippen molar-refractivity contribution < 1.29 is 19.1 Å². The molecule has 3 rings (SSSR count). The highest BCUT2D eigenvalue weighted by Gasteiger charge is 2.40. The maximum atomic E-state index is 12.9. The molecule has 1 fully saturated rings. The number of amides is 3. The van der Waals surface area contributed by atoms with Gasteiger partial charge in [0.05, 0.1) is 13.2 Å². The number of imide groups is 1. The molecular weight excluding hydrogens is 454 g/mol. The van der Waals surface area contributed by atoms with Crippen molar-refractivity contribution in [1.29, 1.82) is 0 Å². The number of nitrogens with one attached hydrogen (secondary N) is 2. The summed E-state index contributed by atoms with van der Waals surface area (Å²) >= 11 is 0. The first-order chi connectivity index (χ1) is 17.4. The Balaban J connectivity index is 1.34. The SMILES string of the molecule is C=CCC(CC)(CC)NCCCCCCCCOc1cccc2c1CN(C1CCC(=O)NC1=O)C2=O. The molecular formula is C29H43N3O4. The van der Waals surface area contributed by atoms with Crippen molar-refractivity contribution in [3.63, 3.8) is 0 Å². The third-order valence-corrected chi connectivity index (χ3v) is 7.76. The zero-order chi connectivity index (χ0) is 26.0. The second-order valence-corrected chi connectivity index (χ2v) is 10.1. The molecule has 2 aliphatic rings. The van der Waals surface area contributed by atoms with E-state index in [2.05, 4.69) is 31.1 Å². The van der Waals surface area contributed by atoms with Gasteiger partial charge < -0.3 is 15.0 Å². The van der Waals surface area contributed by atoms with Crippen LogP contribution in [0.1, 0.15) is 100 Å². The standard InChI is InChI=1S/C29H43N3O4/c1-4-18-29(5-2,6-3)30-19-11-9-7-8-10-12-20-36-25-15-13-14-22-23(25)21-32(28(22)35)24-16-17-26(33)31-27(24)34/h4,13-15,24,30H,1,5-12,16-21H2,2-3H3,(H,31,33,34). The normalized spacial score (nSPS) is 17.8. The van der Waals surface area contributed by atoms with E-state index < -0.39 is 11.9 Å². The zero-order valence-electron chi connectivity index (χ0n) is 22.1. The summed E-state index contributed by atoms with van der Waals surface area (Å²) in [6.45, 7) is 10.4. The Labute approximate surface area is 216 Å². The summed E-state index contributed by atoms with van der Waals surface area (Å²) < 4.78 is 6.06. The van der Waals surface area contributed by atoms with Crippen LogP contribution in [0.15, 0.2) is 30.9 Å². The van der Waals surface area contributed by atoms with Gasteiger partial charge in [-0.15, -0.1) is 6.58 Å². The highest BCUT2D eigenvalue weighted by Crippen LogP contribution is 2.33. The lowest BCUT2D eigenvalue weighted by atomic mass is 9.89. The van der Waals surface area contributed by atoms with Crippen molar-refractivity contribution in [1.82, 2.24) is 15.5 Å². The van der Waals surface area contributed by atoms with Crippen molar-refractivity contribution in [2.24, 2.45) is 0 Å². The molecule has 0 spiro atoms. The maximum absolute atomic E-state index is 12.9. The summed E-state index contributed by atoms with van der Waals surface area (Å²) in [4.78, 5) is 38.2. The number of rotatable bonds is 16. The molecule has 7 nitrogen and oxygen atoms in total. The minimum atomic E-state index is -0.604. The molecule has 3 amide bonds. The van der Waals surface area contributed by atoms with E-state index in [0.717, 1.165) is 50.0 Å². The van der Waals surface area contributed by atoms with E-state index >= 15 is 0 Å². The number of nitrogens with zero attached hydrogens (tertiary/aromatic N) is 1. The second kappa shape index (κ2) is 13.6. The van der Waals surface area contributed by atoms with Crippen LogP contribution in [0.3, 0.4) is 0 Å². The molecule has 2 N–H and O–H groups in total. The van der Waals surface area contributed by atoms with E-state index in [-0.39, 0.29) is 23.8 Å². The maximum Gasteiger partial charge on any atom is 0.255 e. The lowest BCUT2D eigenvalue weighted by Crippen LogP contribution is -2.52. The van der Waals surface area contributed by atoms with Gasteiger partial charge >= 0.3 is 0 Å². The van der Waals surface area contributed by atoms with E-state index in [1.54, 1.807) is 11.0 Å². The average Bonchev–Trinajstić information content (AvgIpc) is 3.21. The Morgan fingerprint density at radius 2 is 1.83 bits per heavy atom. The van der Waals surface area contributed by atoms with Crippen LogP contribution in [0.4, 0.5) is 0 Å². The largest absolute Gasteiger partial charge is 0.493 e. The van der Waals surface area contributed by atoms with Crippen molar-refractivity contribution in [2.75, 3.05) is 13.2 Å². The van der Waals surface area contributed by atoms with Crippen LogP contribution >= 0.6 is 0 Å². The number of hydrogen-bond acceptors (Lipinski definition) is 5. The third kappa shape index (κ3) is 6.96. The molecule has 1 saturated heterocycles. The van der Waals surface area contributed by atoms with Crippen LogP contribution in [0.2, 0.25) is 0 Å². The Morgan fingerprint density at radius 3 is 2.53 bits per heavy atom. The van der Waals surface area contributed by atoms with Gasteiger partial charge in [0.25, 0.3) is 5.91 Å². The lowest BCUT2D eigenvalue weighted by molar-refractivity contribution is -0.136. The molecule has 0 radical (unpaired) electrons. The fraction of sp³-hybridized carbons (Fsp3) is 0.621. The first-order valence-electron chi connectivity index (χ1n) is 13.7. The van der Waals surface area contributed by atoms with Gasteiger partial charge in [-0.25, -0.2) is 0 Å². The fourth-order valence-corrected chi connectivity index (χ4v) is 5.30. The average molecular weight is 498 g/mol. The molecule has 7 heteroatoms. The van der Waals surface area contributed by atoms with Crippen molar-refractivity contribution in [3.8, 4) is 5.75 Å². The van der Waals surface area contributed by atoms with Crippen LogP contribution in [0.25, 0.3) is 0 Å². The van der Waals surface area contributed by atoms with E-state index in [9.17, 15) is 14.4 Å². The summed E-state index contributed by atoms with van der Waals surface area (Å²) in [5, 5.41) is 6.10. The number of piperidine rings is 1. The second-order valence-electron chi connectivity index (χ2n) is 10.1. The first kappa shape index (κ1) is 27.9.